The van der Waals surface area contributed by atoms with Crippen molar-refractivity contribution in [3.05, 3.63) is 54.4 Å². The number of pyridine rings is 1. The molecule has 4 rings (SSSR count). The Kier molecular flexibility index (Phi) is 4.56. The molecule has 1 aliphatic carbocycles. The van der Waals surface area contributed by atoms with E-state index in [1.807, 2.05) is 18.2 Å². The van der Waals surface area contributed by atoms with Crippen LogP contribution in [0.25, 0.3) is 5.57 Å². The maximum Gasteiger partial charge on any atom is 0.380 e. The summed E-state index contributed by atoms with van der Waals surface area (Å²) in [5.74, 6) is -0.152. The molecule has 1 aliphatic heterocycles. The molecule has 0 aromatic carbocycles. The second-order valence-electron chi connectivity index (χ2n) is 6.91. The summed E-state index contributed by atoms with van der Waals surface area (Å²) in [5, 5.41) is 2.93. The van der Waals surface area contributed by atoms with E-state index < -0.39 is 10.2 Å². The number of imidazole rings is 1. The predicted octanol–water partition coefficient (Wildman–Crippen LogP) is 0.482. The van der Waals surface area contributed by atoms with E-state index in [0.29, 0.717) is 18.7 Å². The third-order valence-electron chi connectivity index (χ3n) is 4.73. The van der Waals surface area contributed by atoms with Crippen LogP contribution < -0.4 is 9.88 Å². The highest BCUT2D eigenvalue weighted by molar-refractivity contribution is 7.87. The van der Waals surface area contributed by atoms with Crippen molar-refractivity contribution in [2.75, 3.05) is 13.1 Å². The Balaban J connectivity index is 1.49. The van der Waals surface area contributed by atoms with E-state index >= 15 is 0 Å². The SMILES string of the molecule is C[n+]1ccn(S(=O)(=O)N2CC=C(c3cccc(C(=O)NC4CC4)n3)CC2)c1. The van der Waals surface area contributed by atoms with Crippen molar-refractivity contribution in [2.45, 2.75) is 25.3 Å². The number of hydrogen-bond acceptors (Lipinski definition) is 4. The monoisotopic (exact) mass is 388 g/mol. The second-order valence-corrected chi connectivity index (χ2v) is 8.74. The first-order chi connectivity index (χ1) is 12.9. The number of nitrogens with one attached hydrogen (secondary N) is 1. The summed E-state index contributed by atoms with van der Waals surface area (Å²) in [6.07, 6.45) is 9.21. The van der Waals surface area contributed by atoms with Crippen LogP contribution in [0.15, 0.2) is 43.0 Å². The molecule has 3 heterocycles. The van der Waals surface area contributed by atoms with E-state index in [1.54, 1.807) is 23.9 Å². The number of aryl methyl sites for hydroxylation is 1. The van der Waals surface area contributed by atoms with E-state index in [1.165, 1.54) is 20.8 Å². The van der Waals surface area contributed by atoms with Gasteiger partial charge >= 0.3 is 10.2 Å². The van der Waals surface area contributed by atoms with Crippen LogP contribution >= 0.6 is 0 Å². The minimum Gasteiger partial charge on any atom is -0.348 e. The van der Waals surface area contributed by atoms with Crippen LogP contribution in [-0.2, 0) is 17.3 Å². The molecule has 142 valence electrons. The molecule has 2 aromatic rings. The minimum absolute atomic E-state index is 0.152. The van der Waals surface area contributed by atoms with Gasteiger partial charge in [-0.3, -0.25) is 4.79 Å². The van der Waals surface area contributed by atoms with E-state index in [2.05, 4.69) is 10.3 Å². The Morgan fingerprint density at radius 3 is 2.78 bits per heavy atom. The Morgan fingerprint density at radius 1 is 1.33 bits per heavy atom. The average molecular weight is 388 g/mol. The van der Waals surface area contributed by atoms with E-state index in [4.69, 9.17) is 0 Å². The Labute approximate surface area is 158 Å². The molecule has 0 spiro atoms. The molecule has 1 fully saturated rings. The number of amides is 1. The van der Waals surface area contributed by atoms with Gasteiger partial charge in [0.1, 0.15) is 18.1 Å². The number of hydrogen-bond donors (Lipinski definition) is 1. The lowest BCUT2D eigenvalue weighted by Crippen LogP contribution is -2.38. The summed E-state index contributed by atoms with van der Waals surface area (Å²) >= 11 is 0. The fraction of sp³-hybridized carbons (Fsp3) is 0.389. The van der Waals surface area contributed by atoms with Crippen molar-refractivity contribution in [1.29, 1.82) is 0 Å². The summed E-state index contributed by atoms with van der Waals surface area (Å²) in [7, 11) is -1.80. The quantitative estimate of drug-likeness (QED) is 0.755. The standard InChI is InChI=1S/C18H21N5O3S/c1-21-11-12-23(13-21)27(25,26)22-9-7-14(8-10-22)16-3-2-4-17(20-16)18(24)19-15-5-6-15/h2-4,7,11-13,15H,5-6,8-10H2,1H3/p+1. The first-order valence-corrected chi connectivity index (χ1v) is 10.3. The molecule has 0 radical (unpaired) electrons. The van der Waals surface area contributed by atoms with Crippen LogP contribution in [-0.4, -0.2) is 46.7 Å². The zero-order valence-electron chi connectivity index (χ0n) is 15.1. The number of carbonyl (C=O) groups excluding carboxylic acids is 1. The van der Waals surface area contributed by atoms with Crippen LogP contribution in [0.4, 0.5) is 0 Å². The molecule has 9 heteroatoms. The number of aromatic nitrogens is 3. The van der Waals surface area contributed by atoms with Crippen LogP contribution in [0, 0.1) is 0 Å². The molecule has 0 saturated heterocycles. The Morgan fingerprint density at radius 2 is 2.15 bits per heavy atom. The van der Waals surface area contributed by atoms with Crippen molar-refractivity contribution in [3.8, 4) is 0 Å². The zero-order valence-corrected chi connectivity index (χ0v) is 15.9. The predicted molar refractivity (Wildman–Crippen MR) is 98.8 cm³/mol. The maximum atomic E-state index is 12.7. The highest BCUT2D eigenvalue weighted by Crippen LogP contribution is 2.23. The molecule has 1 N–H and O–H groups in total. The van der Waals surface area contributed by atoms with Crippen molar-refractivity contribution >= 4 is 21.7 Å². The summed E-state index contributed by atoms with van der Waals surface area (Å²) in [6, 6.07) is 5.66. The molecule has 27 heavy (non-hydrogen) atoms. The second kappa shape index (κ2) is 6.90. The largest absolute Gasteiger partial charge is 0.380 e. The topological polar surface area (TPSA) is 88.2 Å². The molecule has 2 aliphatic rings. The maximum absolute atomic E-state index is 12.7. The lowest BCUT2D eigenvalue weighted by atomic mass is 10.1. The fourth-order valence-electron chi connectivity index (χ4n) is 3.02. The summed E-state index contributed by atoms with van der Waals surface area (Å²) in [5.41, 5.74) is 2.08. The number of carbonyl (C=O) groups is 1. The lowest BCUT2D eigenvalue weighted by Gasteiger charge is -2.23. The van der Waals surface area contributed by atoms with Gasteiger partial charge in [-0.05, 0) is 37.0 Å². The first kappa shape index (κ1) is 17.9. The minimum atomic E-state index is -3.57. The van der Waals surface area contributed by atoms with Crippen molar-refractivity contribution in [3.63, 3.8) is 0 Å². The van der Waals surface area contributed by atoms with Gasteiger partial charge < -0.3 is 5.32 Å². The van der Waals surface area contributed by atoms with Gasteiger partial charge in [-0.1, -0.05) is 12.1 Å². The third kappa shape index (κ3) is 3.79. The third-order valence-corrected chi connectivity index (χ3v) is 6.47. The molecule has 0 bridgehead atoms. The van der Waals surface area contributed by atoms with Gasteiger partial charge in [0.25, 0.3) is 12.2 Å². The molecule has 8 nitrogen and oxygen atoms in total. The van der Waals surface area contributed by atoms with Crippen LogP contribution in [0.2, 0.25) is 0 Å². The van der Waals surface area contributed by atoms with Gasteiger partial charge in [0.2, 0.25) is 0 Å². The summed E-state index contributed by atoms with van der Waals surface area (Å²) in [6.45, 7) is 0.649. The van der Waals surface area contributed by atoms with E-state index in [-0.39, 0.29) is 18.5 Å². The van der Waals surface area contributed by atoms with Crippen molar-refractivity contribution in [2.24, 2.45) is 7.05 Å². The van der Waals surface area contributed by atoms with Crippen LogP contribution in [0.5, 0.6) is 0 Å². The van der Waals surface area contributed by atoms with Crippen LogP contribution in [0.3, 0.4) is 0 Å². The van der Waals surface area contributed by atoms with Gasteiger partial charge in [-0.15, -0.1) is 3.97 Å². The van der Waals surface area contributed by atoms with E-state index in [9.17, 15) is 13.2 Å². The molecule has 1 amide bonds. The smallest absolute Gasteiger partial charge is 0.348 e. The Bertz CT molecular complexity index is 1010. The number of rotatable bonds is 5. The summed E-state index contributed by atoms with van der Waals surface area (Å²) < 4.78 is 29.7. The molecular weight excluding hydrogens is 366 g/mol. The molecular formula is C18H22N5O3S+. The average Bonchev–Trinajstić information content (AvgIpc) is 3.38. The first-order valence-electron chi connectivity index (χ1n) is 8.95. The van der Waals surface area contributed by atoms with E-state index in [0.717, 1.165) is 24.1 Å². The summed E-state index contributed by atoms with van der Waals surface area (Å²) in [4.78, 5) is 16.7. The highest BCUT2D eigenvalue weighted by atomic mass is 32.2. The molecule has 0 atom stereocenters. The lowest BCUT2D eigenvalue weighted by molar-refractivity contribution is -0.670. The van der Waals surface area contributed by atoms with Crippen molar-refractivity contribution in [1.82, 2.24) is 18.6 Å². The Hall–Kier alpha value is -2.52. The zero-order chi connectivity index (χ0) is 19.0. The van der Waals surface area contributed by atoms with Gasteiger partial charge in [-0.25, -0.2) is 9.55 Å². The highest BCUT2D eigenvalue weighted by Gasteiger charge is 2.30. The van der Waals surface area contributed by atoms with Gasteiger partial charge in [0, 0.05) is 19.1 Å². The normalized spacial score (nSPS) is 18.2. The molecule has 1 saturated carbocycles. The fourth-order valence-corrected chi connectivity index (χ4v) is 4.34. The number of nitrogens with zero attached hydrogens (tertiary/aromatic N) is 4. The molecule has 2 aromatic heterocycles. The van der Waals surface area contributed by atoms with Gasteiger partial charge in [0.15, 0.2) is 0 Å². The molecule has 0 unspecified atom stereocenters. The van der Waals surface area contributed by atoms with Crippen LogP contribution in [0.1, 0.15) is 35.4 Å². The van der Waals surface area contributed by atoms with Gasteiger partial charge in [0.05, 0.1) is 12.7 Å². The van der Waals surface area contributed by atoms with Gasteiger partial charge in [-0.2, -0.15) is 12.7 Å². The van der Waals surface area contributed by atoms with Crippen molar-refractivity contribution < 1.29 is 17.8 Å².